The maximum Gasteiger partial charge on any atom is 0.321 e. The molecule has 5 rings (SSSR count). The summed E-state index contributed by atoms with van der Waals surface area (Å²) in [5, 5.41) is 8.03. The van der Waals surface area contributed by atoms with Gasteiger partial charge in [-0.2, -0.15) is 9.67 Å². The van der Waals surface area contributed by atoms with Crippen molar-refractivity contribution in [1.82, 2.24) is 20.2 Å². The standard InChI is InChI=1S/C24H20FN5O2.ClH/c1-13(2)32-18-12-26-14(3)21-20(18)19(15-7-8-17(25)22-16(15)11-27-29-22)23(24(31)28-21)30-9-5-4-6-10-30;/h4-13H,1-3H3,(H-,27,28,29,31);1H. The van der Waals surface area contributed by atoms with Crippen molar-refractivity contribution in [1.29, 1.82) is 0 Å². The van der Waals surface area contributed by atoms with Crippen molar-refractivity contribution in [2.75, 3.05) is 0 Å². The van der Waals surface area contributed by atoms with Gasteiger partial charge in [0.2, 0.25) is 0 Å². The Morgan fingerprint density at radius 2 is 1.85 bits per heavy atom. The Balaban J connectivity index is 0.00000259. The van der Waals surface area contributed by atoms with Gasteiger partial charge in [-0.3, -0.25) is 14.9 Å². The van der Waals surface area contributed by atoms with Crippen molar-refractivity contribution in [2.45, 2.75) is 26.9 Å². The number of aryl methyl sites for hydroxylation is 1. The molecule has 0 saturated carbocycles. The van der Waals surface area contributed by atoms with Gasteiger partial charge in [0.05, 0.1) is 40.7 Å². The van der Waals surface area contributed by atoms with Crippen LogP contribution in [-0.2, 0) is 0 Å². The summed E-state index contributed by atoms with van der Waals surface area (Å²) in [4.78, 5) is 20.8. The highest BCUT2D eigenvalue weighted by Crippen LogP contribution is 2.40. The molecule has 33 heavy (non-hydrogen) atoms. The largest absolute Gasteiger partial charge is 1.00 e. The SMILES string of the molecule is Cc1ncc(OC(C)C)c2c(-c3ccc(F)c4[nH]ncc34)c(-[n+]3ccccc3)c(=O)[nH]c12.[Cl-]. The number of aromatic amines is 2. The minimum atomic E-state index is -0.416. The topological polar surface area (TPSA) is 87.5 Å². The lowest BCUT2D eigenvalue weighted by atomic mass is 9.95. The van der Waals surface area contributed by atoms with Crippen LogP contribution in [0.3, 0.4) is 0 Å². The lowest BCUT2D eigenvalue weighted by molar-refractivity contribution is -0.596. The van der Waals surface area contributed by atoms with Crippen LogP contribution in [0.5, 0.6) is 5.75 Å². The summed E-state index contributed by atoms with van der Waals surface area (Å²) in [6.07, 6.45) is 6.71. The maximum absolute atomic E-state index is 14.5. The highest BCUT2D eigenvalue weighted by molar-refractivity contribution is 6.08. The quantitative estimate of drug-likeness (QED) is 0.387. The molecule has 0 amide bonds. The molecule has 0 aliphatic heterocycles. The zero-order valence-electron chi connectivity index (χ0n) is 18.2. The van der Waals surface area contributed by atoms with Crippen molar-refractivity contribution >= 4 is 21.8 Å². The monoisotopic (exact) mass is 465 g/mol. The van der Waals surface area contributed by atoms with Gasteiger partial charge in [0.1, 0.15) is 17.1 Å². The molecule has 2 N–H and O–H groups in total. The summed E-state index contributed by atoms with van der Waals surface area (Å²) in [5.41, 5.74) is 2.89. The molecule has 0 unspecified atom stereocenters. The number of H-pyrrole nitrogens is 2. The minimum Gasteiger partial charge on any atom is -1.00 e. The molecule has 4 heterocycles. The lowest BCUT2D eigenvalue weighted by Gasteiger charge is -2.17. The average Bonchev–Trinajstić information content (AvgIpc) is 3.27. The molecule has 0 spiro atoms. The van der Waals surface area contributed by atoms with Crippen molar-refractivity contribution < 1.29 is 26.1 Å². The summed E-state index contributed by atoms with van der Waals surface area (Å²) < 4.78 is 22.3. The molecular weight excluding hydrogens is 445 g/mol. The zero-order valence-corrected chi connectivity index (χ0v) is 18.9. The van der Waals surface area contributed by atoms with Gasteiger partial charge in [-0.05, 0) is 26.8 Å². The number of fused-ring (bicyclic) bond motifs is 2. The van der Waals surface area contributed by atoms with Gasteiger partial charge in [-0.1, -0.05) is 12.1 Å². The van der Waals surface area contributed by atoms with Crippen LogP contribution in [0, 0.1) is 12.7 Å². The van der Waals surface area contributed by atoms with Crippen molar-refractivity contribution in [3.63, 3.8) is 0 Å². The summed E-state index contributed by atoms with van der Waals surface area (Å²) in [7, 11) is 0. The molecule has 0 aliphatic carbocycles. The number of nitrogens with one attached hydrogen (secondary N) is 2. The van der Waals surface area contributed by atoms with E-state index < -0.39 is 5.82 Å². The second-order valence-electron chi connectivity index (χ2n) is 7.84. The van der Waals surface area contributed by atoms with Gasteiger partial charge in [-0.15, -0.1) is 0 Å². The molecule has 168 valence electrons. The molecule has 4 aromatic heterocycles. The number of hydrogen-bond donors (Lipinski definition) is 2. The molecule has 7 nitrogen and oxygen atoms in total. The van der Waals surface area contributed by atoms with E-state index in [0.29, 0.717) is 44.5 Å². The average molecular weight is 466 g/mol. The summed E-state index contributed by atoms with van der Waals surface area (Å²) in [6.45, 7) is 5.68. The number of aromatic nitrogens is 5. The number of halogens is 2. The maximum atomic E-state index is 14.5. The number of benzene rings is 1. The minimum absolute atomic E-state index is 0. The lowest BCUT2D eigenvalue weighted by Crippen LogP contribution is -3.00. The fourth-order valence-electron chi connectivity index (χ4n) is 4.01. The highest BCUT2D eigenvalue weighted by atomic mass is 35.5. The van der Waals surface area contributed by atoms with Gasteiger partial charge in [-0.25, -0.2) is 4.39 Å². The third-order valence-electron chi connectivity index (χ3n) is 5.34. The van der Waals surface area contributed by atoms with E-state index in [-0.39, 0.29) is 29.6 Å². The molecular formula is C24H21ClFN5O2. The molecule has 0 bridgehead atoms. The van der Waals surface area contributed by atoms with E-state index >= 15 is 0 Å². The Hall–Kier alpha value is -3.78. The fraction of sp³-hybridized carbons (Fsp3) is 0.167. The van der Waals surface area contributed by atoms with Crippen LogP contribution >= 0.6 is 0 Å². The predicted molar refractivity (Wildman–Crippen MR) is 119 cm³/mol. The summed E-state index contributed by atoms with van der Waals surface area (Å²) in [6, 6.07) is 8.60. The van der Waals surface area contributed by atoms with Crippen molar-refractivity contribution in [2.24, 2.45) is 0 Å². The summed E-state index contributed by atoms with van der Waals surface area (Å²) >= 11 is 0. The normalized spacial score (nSPS) is 11.2. The number of ether oxygens (including phenoxy) is 1. The zero-order chi connectivity index (χ0) is 22.4. The van der Waals surface area contributed by atoms with Crippen LogP contribution in [-0.4, -0.2) is 26.3 Å². The van der Waals surface area contributed by atoms with Crippen molar-refractivity contribution in [3.8, 4) is 22.6 Å². The van der Waals surface area contributed by atoms with Gasteiger partial charge < -0.3 is 22.1 Å². The second kappa shape index (κ2) is 8.63. The first kappa shape index (κ1) is 22.4. The first-order valence-corrected chi connectivity index (χ1v) is 10.3. The Morgan fingerprint density at radius 3 is 2.58 bits per heavy atom. The van der Waals surface area contributed by atoms with E-state index in [1.165, 1.54) is 6.07 Å². The van der Waals surface area contributed by atoms with Crippen LogP contribution < -0.4 is 27.3 Å². The van der Waals surface area contributed by atoms with Crippen LogP contribution in [0.2, 0.25) is 0 Å². The van der Waals surface area contributed by atoms with Gasteiger partial charge >= 0.3 is 5.56 Å². The van der Waals surface area contributed by atoms with E-state index in [4.69, 9.17) is 4.74 Å². The smallest absolute Gasteiger partial charge is 0.321 e. The first-order chi connectivity index (χ1) is 15.5. The molecule has 0 radical (unpaired) electrons. The Kier molecular flexibility index (Phi) is 5.86. The molecule has 9 heteroatoms. The number of pyridine rings is 3. The van der Waals surface area contributed by atoms with Crippen LogP contribution in [0.15, 0.2) is 59.9 Å². The molecule has 0 aliphatic rings. The molecule has 0 saturated heterocycles. The second-order valence-corrected chi connectivity index (χ2v) is 7.84. The first-order valence-electron chi connectivity index (χ1n) is 10.3. The third-order valence-corrected chi connectivity index (χ3v) is 5.34. The molecule has 0 atom stereocenters. The Morgan fingerprint density at radius 1 is 1.09 bits per heavy atom. The van der Waals surface area contributed by atoms with Gasteiger partial charge in [0.25, 0.3) is 5.69 Å². The van der Waals surface area contributed by atoms with Gasteiger partial charge in [0.15, 0.2) is 12.4 Å². The third kappa shape index (κ3) is 3.72. The number of hydrogen-bond acceptors (Lipinski definition) is 4. The van der Waals surface area contributed by atoms with Crippen LogP contribution in [0.4, 0.5) is 4.39 Å². The van der Waals surface area contributed by atoms with Crippen LogP contribution in [0.1, 0.15) is 19.5 Å². The Bertz CT molecular complexity index is 1530. The fourth-order valence-corrected chi connectivity index (χ4v) is 4.01. The summed E-state index contributed by atoms with van der Waals surface area (Å²) in [5.74, 6) is 0.117. The van der Waals surface area contributed by atoms with Crippen molar-refractivity contribution in [3.05, 3.63) is 77.0 Å². The predicted octanol–water partition coefficient (Wildman–Crippen LogP) is 0.982. The van der Waals surface area contributed by atoms with E-state index in [1.807, 2.05) is 39.0 Å². The van der Waals surface area contributed by atoms with Crippen LogP contribution in [0.25, 0.3) is 38.6 Å². The van der Waals surface area contributed by atoms with Gasteiger partial charge in [0, 0.05) is 23.1 Å². The molecule has 5 aromatic rings. The number of rotatable bonds is 4. The van der Waals surface area contributed by atoms with E-state index in [9.17, 15) is 9.18 Å². The molecule has 1 aromatic carbocycles. The van der Waals surface area contributed by atoms with E-state index in [2.05, 4.69) is 20.2 Å². The van der Waals surface area contributed by atoms with E-state index in [0.717, 1.165) is 0 Å². The number of nitrogens with zero attached hydrogens (tertiary/aromatic N) is 3. The molecule has 0 fully saturated rings. The Labute approximate surface area is 194 Å². The highest BCUT2D eigenvalue weighted by Gasteiger charge is 2.28. The van der Waals surface area contributed by atoms with E-state index in [1.54, 1.807) is 35.4 Å².